The van der Waals surface area contributed by atoms with E-state index in [1.54, 1.807) is 0 Å². The van der Waals surface area contributed by atoms with Crippen LogP contribution in [0.1, 0.15) is 39.5 Å². The first-order valence-corrected chi connectivity index (χ1v) is 6.93. The predicted molar refractivity (Wildman–Crippen MR) is 66.4 cm³/mol. The normalized spacial score (nSPS) is 34.4. The lowest BCUT2D eigenvalue weighted by molar-refractivity contribution is -0.126. The second kappa shape index (κ2) is 4.95. The smallest absolute Gasteiger partial charge is 0.223 e. The molecular weight excluding hydrogens is 222 g/mol. The van der Waals surface area contributed by atoms with Crippen molar-refractivity contribution in [1.29, 1.82) is 0 Å². The number of nitrogens with one attached hydrogen (secondary N) is 1. The van der Waals surface area contributed by atoms with Crippen LogP contribution in [0.3, 0.4) is 0 Å². The van der Waals surface area contributed by atoms with Gasteiger partial charge in [-0.25, -0.2) is 0 Å². The van der Waals surface area contributed by atoms with E-state index in [0.29, 0.717) is 18.4 Å². The number of alkyl halides is 1. The largest absolute Gasteiger partial charge is 0.354 e. The summed E-state index contributed by atoms with van der Waals surface area (Å²) in [5.41, 5.74) is 0. The van der Waals surface area contributed by atoms with Gasteiger partial charge in [0, 0.05) is 12.5 Å². The van der Waals surface area contributed by atoms with E-state index < -0.39 is 0 Å². The van der Waals surface area contributed by atoms with Crippen LogP contribution in [0.25, 0.3) is 0 Å². The first-order valence-electron chi connectivity index (χ1n) is 6.49. The van der Waals surface area contributed by atoms with Gasteiger partial charge < -0.3 is 5.32 Å². The maximum Gasteiger partial charge on any atom is 0.223 e. The highest BCUT2D eigenvalue weighted by Crippen LogP contribution is 2.48. The van der Waals surface area contributed by atoms with E-state index in [0.717, 1.165) is 12.3 Å². The molecule has 2 fully saturated rings. The Morgan fingerprint density at radius 3 is 2.62 bits per heavy atom. The molecular formula is C13H22ClNO. The van der Waals surface area contributed by atoms with Gasteiger partial charge in [-0.15, -0.1) is 11.6 Å². The third-order valence-corrected chi connectivity index (χ3v) is 4.93. The Kier molecular flexibility index (Phi) is 3.78. The van der Waals surface area contributed by atoms with Gasteiger partial charge in [-0.05, 0) is 37.0 Å². The molecule has 3 heteroatoms. The van der Waals surface area contributed by atoms with Crippen molar-refractivity contribution < 1.29 is 4.79 Å². The van der Waals surface area contributed by atoms with E-state index in [9.17, 15) is 4.79 Å². The summed E-state index contributed by atoms with van der Waals surface area (Å²) in [5.74, 6) is 2.45. The average Bonchev–Trinajstić information content (AvgIpc) is 2.86. The first-order chi connectivity index (χ1) is 7.58. The van der Waals surface area contributed by atoms with E-state index in [1.807, 2.05) is 0 Å². The molecule has 0 aromatic carbocycles. The monoisotopic (exact) mass is 243 g/mol. The van der Waals surface area contributed by atoms with Gasteiger partial charge >= 0.3 is 0 Å². The Hall–Kier alpha value is -0.240. The lowest BCUT2D eigenvalue weighted by Gasteiger charge is -2.22. The van der Waals surface area contributed by atoms with Crippen LogP contribution in [-0.2, 0) is 4.79 Å². The van der Waals surface area contributed by atoms with Crippen molar-refractivity contribution in [2.24, 2.45) is 23.7 Å². The lowest BCUT2D eigenvalue weighted by atomic mass is 9.88. The highest BCUT2D eigenvalue weighted by Gasteiger charge is 2.42. The Morgan fingerprint density at radius 2 is 2.12 bits per heavy atom. The van der Waals surface area contributed by atoms with Gasteiger partial charge in [-0.2, -0.15) is 0 Å². The lowest BCUT2D eigenvalue weighted by Crippen LogP contribution is -2.38. The molecule has 0 saturated heterocycles. The minimum Gasteiger partial charge on any atom is -0.354 e. The standard InChI is InChI=1S/C13H22ClNO/c1-8(2)12(14)7-15-13(16)11-6-9-3-4-10(11)5-9/h8-12H,3-7H2,1-2H3,(H,15,16). The second-order valence-corrected chi connectivity index (χ2v) is 6.35. The fraction of sp³-hybridized carbons (Fsp3) is 0.923. The molecule has 4 unspecified atom stereocenters. The van der Waals surface area contributed by atoms with Crippen molar-refractivity contribution in [3.05, 3.63) is 0 Å². The van der Waals surface area contributed by atoms with E-state index in [1.165, 1.54) is 19.3 Å². The minimum absolute atomic E-state index is 0.0579. The van der Waals surface area contributed by atoms with Crippen LogP contribution >= 0.6 is 11.6 Å². The summed E-state index contributed by atoms with van der Waals surface area (Å²) >= 11 is 6.13. The van der Waals surface area contributed by atoms with Crippen molar-refractivity contribution in [2.45, 2.75) is 44.9 Å². The number of hydrogen-bond acceptors (Lipinski definition) is 1. The van der Waals surface area contributed by atoms with Crippen molar-refractivity contribution in [2.75, 3.05) is 6.54 Å². The van der Waals surface area contributed by atoms with Crippen LogP contribution in [0.4, 0.5) is 0 Å². The number of hydrogen-bond donors (Lipinski definition) is 1. The number of amides is 1. The summed E-state index contributed by atoms with van der Waals surface area (Å²) in [6, 6.07) is 0. The highest BCUT2D eigenvalue weighted by molar-refractivity contribution is 6.21. The Bertz CT molecular complexity index is 267. The van der Waals surface area contributed by atoms with Crippen LogP contribution in [0.5, 0.6) is 0 Å². The number of rotatable bonds is 4. The topological polar surface area (TPSA) is 29.1 Å². The van der Waals surface area contributed by atoms with Crippen LogP contribution in [0.15, 0.2) is 0 Å². The molecule has 92 valence electrons. The van der Waals surface area contributed by atoms with Crippen LogP contribution in [0.2, 0.25) is 0 Å². The zero-order chi connectivity index (χ0) is 11.7. The molecule has 1 amide bonds. The van der Waals surface area contributed by atoms with Gasteiger partial charge in [0.1, 0.15) is 0 Å². The van der Waals surface area contributed by atoms with Crippen molar-refractivity contribution in [3.63, 3.8) is 0 Å². The summed E-state index contributed by atoms with van der Waals surface area (Å²) in [7, 11) is 0. The summed E-state index contributed by atoms with van der Waals surface area (Å²) in [5, 5.41) is 3.08. The number of fused-ring (bicyclic) bond motifs is 2. The van der Waals surface area contributed by atoms with Crippen molar-refractivity contribution in [1.82, 2.24) is 5.32 Å². The SMILES string of the molecule is CC(C)C(Cl)CNC(=O)C1CC2CCC1C2. The molecule has 2 saturated carbocycles. The third-order valence-electron chi connectivity index (χ3n) is 4.27. The highest BCUT2D eigenvalue weighted by atomic mass is 35.5. The van der Waals surface area contributed by atoms with Crippen LogP contribution in [0, 0.1) is 23.7 Å². The average molecular weight is 244 g/mol. The molecule has 2 aliphatic rings. The Morgan fingerprint density at radius 1 is 1.38 bits per heavy atom. The summed E-state index contributed by atoms with van der Waals surface area (Å²) in [6.45, 7) is 4.79. The number of carbonyl (C=O) groups is 1. The summed E-state index contributed by atoms with van der Waals surface area (Å²) < 4.78 is 0. The first kappa shape index (κ1) is 12.2. The van der Waals surface area contributed by atoms with Crippen molar-refractivity contribution in [3.8, 4) is 0 Å². The van der Waals surface area contributed by atoms with E-state index in [-0.39, 0.29) is 17.2 Å². The van der Waals surface area contributed by atoms with E-state index in [4.69, 9.17) is 11.6 Å². The van der Waals surface area contributed by atoms with Gasteiger partial charge in [0.25, 0.3) is 0 Å². The maximum absolute atomic E-state index is 12.0. The van der Waals surface area contributed by atoms with Crippen LogP contribution in [-0.4, -0.2) is 17.8 Å². The van der Waals surface area contributed by atoms with Gasteiger partial charge in [0.05, 0.1) is 5.38 Å². The Balaban J connectivity index is 1.76. The molecule has 16 heavy (non-hydrogen) atoms. The molecule has 0 aromatic rings. The molecule has 0 aromatic heterocycles. The predicted octanol–water partition coefficient (Wildman–Crippen LogP) is 2.80. The second-order valence-electron chi connectivity index (χ2n) is 5.79. The molecule has 2 bridgehead atoms. The molecule has 0 radical (unpaired) electrons. The van der Waals surface area contributed by atoms with Gasteiger partial charge in [-0.3, -0.25) is 4.79 Å². The third kappa shape index (κ3) is 2.53. The molecule has 0 spiro atoms. The zero-order valence-electron chi connectivity index (χ0n) is 10.2. The molecule has 1 N–H and O–H groups in total. The maximum atomic E-state index is 12.0. The zero-order valence-corrected chi connectivity index (χ0v) is 11.0. The number of carbonyl (C=O) groups excluding carboxylic acids is 1. The fourth-order valence-corrected chi connectivity index (χ4v) is 3.21. The quantitative estimate of drug-likeness (QED) is 0.756. The van der Waals surface area contributed by atoms with Gasteiger partial charge in [0.15, 0.2) is 0 Å². The van der Waals surface area contributed by atoms with Gasteiger partial charge in [-0.1, -0.05) is 20.3 Å². The van der Waals surface area contributed by atoms with E-state index in [2.05, 4.69) is 19.2 Å². The molecule has 2 rings (SSSR count). The summed E-state index contributed by atoms with van der Waals surface area (Å²) in [4.78, 5) is 12.0. The van der Waals surface area contributed by atoms with E-state index >= 15 is 0 Å². The van der Waals surface area contributed by atoms with Crippen LogP contribution < -0.4 is 5.32 Å². The molecule has 2 aliphatic carbocycles. The summed E-state index contributed by atoms with van der Waals surface area (Å²) in [6.07, 6.45) is 5.01. The number of halogens is 1. The molecule has 2 nitrogen and oxygen atoms in total. The molecule has 4 atom stereocenters. The Labute approximate surface area is 103 Å². The van der Waals surface area contributed by atoms with Crippen molar-refractivity contribution >= 4 is 17.5 Å². The molecule has 0 aliphatic heterocycles. The fourth-order valence-electron chi connectivity index (χ4n) is 3.13. The molecule has 0 heterocycles. The van der Waals surface area contributed by atoms with Gasteiger partial charge in [0.2, 0.25) is 5.91 Å². The minimum atomic E-state index is 0.0579.